The highest BCUT2D eigenvalue weighted by molar-refractivity contribution is 6.04. The molecule has 2 rings (SSSR count). The van der Waals surface area contributed by atoms with Crippen LogP contribution in [0, 0.1) is 13.8 Å². The van der Waals surface area contributed by atoms with Crippen LogP contribution >= 0.6 is 0 Å². The number of rotatable bonds is 6. The molecule has 0 unspecified atom stereocenters. The normalized spacial score (nSPS) is 10.7. The lowest BCUT2D eigenvalue weighted by atomic mass is 10.1. The summed E-state index contributed by atoms with van der Waals surface area (Å²) < 4.78 is 5.36. The fourth-order valence-corrected chi connectivity index (χ4v) is 2.25. The van der Waals surface area contributed by atoms with E-state index in [0.29, 0.717) is 12.2 Å². The van der Waals surface area contributed by atoms with Crippen LogP contribution in [0.15, 0.2) is 54.7 Å². The number of nitrogens with one attached hydrogen (secondary N) is 1. The van der Waals surface area contributed by atoms with Crippen molar-refractivity contribution in [3.63, 3.8) is 0 Å². The molecule has 0 bridgehead atoms. The van der Waals surface area contributed by atoms with E-state index in [1.54, 1.807) is 18.3 Å². The maximum Gasteiger partial charge on any atom is 0.187 e. The van der Waals surface area contributed by atoms with Gasteiger partial charge in [-0.2, -0.15) is 0 Å². The third-order valence-electron chi connectivity index (χ3n) is 3.16. The summed E-state index contributed by atoms with van der Waals surface area (Å²) >= 11 is 0. The Bertz CT molecular complexity index is 652. The minimum Gasteiger partial charge on any atom is -0.494 e. The van der Waals surface area contributed by atoms with E-state index < -0.39 is 0 Å². The highest BCUT2D eigenvalue weighted by atomic mass is 16.5. The lowest BCUT2D eigenvalue weighted by Gasteiger charge is -2.04. The van der Waals surface area contributed by atoms with E-state index in [1.165, 1.54) is 17.2 Å². The third kappa shape index (κ3) is 4.48. The Kier molecular flexibility index (Phi) is 5.37. The second-order valence-corrected chi connectivity index (χ2v) is 5.18. The van der Waals surface area contributed by atoms with Gasteiger partial charge >= 0.3 is 0 Å². The number of carbonyl (C=O) groups excluding carboxylic acids is 1. The molecular weight excluding hydrogens is 274 g/mol. The summed E-state index contributed by atoms with van der Waals surface area (Å²) in [6.45, 7) is 6.65. The molecule has 0 radical (unpaired) electrons. The molecule has 3 heteroatoms. The fourth-order valence-electron chi connectivity index (χ4n) is 2.25. The van der Waals surface area contributed by atoms with Gasteiger partial charge in [-0.1, -0.05) is 6.07 Å². The molecule has 0 heterocycles. The van der Waals surface area contributed by atoms with Gasteiger partial charge in [0.2, 0.25) is 0 Å². The van der Waals surface area contributed by atoms with Gasteiger partial charge in [-0.25, -0.2) is 0 Å². The summed E-state index contributed by atoms with van der Waals surface area (Å²) in [4.78, 5) is 12.1. The monoisotopic (exact) mass is 295 g/mol. The van der Waals surface area contributed by atoms with Gasteiger partial charge in [0, 0.05) is 23.5 Å². The number of benzene rings is 2. The molecule has 0 amide bonds. The summed E-state index contributed by atoms with van der Waals surface area (Å²) in [5.41, 5.74) is 4.00. The highest BCUT2D eigenvalue weighted by Gasteiger charge is 2.02. The topological polar surface area (TPSA) is 38.3 Å². The van der Waals surface area contributed by atoms with Crippen molar-refractivity contribution in [2.24, 2.45) is 0 Å². The van der Waals surface area contributed by atoms with Crippen LogP contribution in [0.1, 0.15) is 28.4 Å². The van der Waals surface area contributed by atoms with E-state index in [2.05, 4.69) is 11.4 Å². The van der Waals surface area contributed by atoms with Gasteiger partial charge in [-0.05, 0) is 68.3 Å². The van der Waals surface area contributed by atoms with Crippen LogP contribution in [-0.2, 0) is 0 Å². The van der Waals surface area contributed by atoms with Gasteiger partial charge in [0.15, 0.2) is 5.78 Å². The van der Waals surface area contributed by atoms with Crippen LogP contribution in [0.4, 0.5) is 5.69 Å². The first-order valence-electron chi connectivity index (χ1n) is 7.37. The van der Waals surface area contributed by atoms with Crippen molar-refractivity contribution < 1.29 is 9.53 Å². The summed E-state index contributed by atoms with van der Waals surface area (Å²) in [6.07, 6.45) is 3.21. The predicted molar refractivity (Wildman–Crippen MR) is 90.6 cm³/mol. The number of ketones is 1. The smallest absolute Gasteiger partial charge is 0.187 e. The van der Waals surface area contributed by atoms with Gasteiger partial charge in [-0.3, -0.25) is 4.79 Å². The first-order chi connectivity index (χ1) is 10.6. The van der Waals surface area contributed by atoms with E-state index in [-0.39, 0.29) is 5.78 Å². The summed E-state index contributed by atoms with van der Waals surface area (Å²) in [7, 11) is 0. The maximum atomic E-state index is 12.1. The molecular formula is C19H21NO2. The molecule has 0 spiro atoms. The van der Waals surface area contributed by atoms with Gasteiger partial charge in [0.05, 0.1) is 6.61 Å². The van der Waals surface area contributed by atoms with Crippen molar-refractivity contribution >= 4 is 11.5 Å². The van der Waals surface area contributed by atoms with Crippen LogP contribution in [0.3, 0.4) is 0 Å². The first-order valence-corrected chi connectivity index (χ1v) is 7.37. The second-order valence-electron chi connectivity index (χ2n) is 5.18. The Balaban J connectivity index is 1.98. The zero-order valence-electron chi connectivity index (χ0n) is 13.2. The van der Waals surface area contributed by atoms with E-state index >= 15 is 0 Å². The lowest BCUT2D eigenvalue weighted by Crippen LogP contribution is -1.97. The third-order valence-corrected chi connectivity index (χ3v) is 3.16. The summed E-state index contributed by atoms with van der Waals surface area (Å²) in [5.74, 6) is 0.733. The van der Waals surface area contributed by atoms with E-state index in [4.69, 9.17) is 4.74 Å². The fraction of sp³-hybridized carbons (Fsp3) is 0.211. The average molecular weight is 295 g/mol. The number of hydrogen-bond acceptors (Lipinski definition) is 3. The molecule has 0 fully saturated rings. The summed E-state index contributed by atoms with van der Waals surface area (Å²) in [6, 6.07) is 13.4. The van der Waals surface area contributed by atoms with Crippen LogP contribution in [-0.4, -0.2) is 12.4 Å². The van der Waals surface area contributed by atoms with Crippen molar-refractivity contribution in [2.45, 2.75) is 20.8 Å². The number of anilines is 1. The van der Waals surface area contributed by atoms with Gasteiger partial charge in [0.1, 0.15) is 5.75 Å². The Hall–Kier alpha value is -2.55. The molecule has 0 aromatic heterocycles. The molecule has 114 valence electrons. The number of allylic oxidation sites excluding steroid dienone is 1. The van der Waals surface area contributed by atoms with Crippen molar-refractivity contribution in [2.75, 3.05) is 11.9 Å². The molecule has 0 atom stereocenters. The van der Waals surface area contributed by atoms with E-state index in [0.717, 1.165) is 11.4 Å². The maximum absolute atomic E-state index is 12.1. The van der Waals surface area contributed by atoms with Gasteiger partial charge in [-0.15, -0.1) is 0 Å². The van der Waals surface area contributed by atoms with Crippen LogP contribution in [0.25, 0.3) is 0 Å². The molecule has 1 N–H and O–H groups in total. The number of carbonyl (C=O) groups is 1. The molecule has 3 nitrogen and oxygen atoms in total. The molecule has 0 aliphatic heterocycles. The Labute approximate surface area is 131 Å². The van der Waals surface area contributed by atoms with Crippen LogP contribution < -0.4 is 10.1 Å². The van der Waals surface area contributed by atoms with Crippen LogP contribution in [0.2, 0.25) is 0 Å². The molecule has 0 saturated carbocycles. The molecule has 0 aliphatic rings. The number of ether oxygens (including phenoxy) is 1. The van der Waals surface area contributed by atoms with Gasteiger partial charge in [0.25, 0.3) is 0 Å². The zero-order valence-corrected chi connectivity index (χ0v) is 13.2. The average Bonchev–Trinajstić information content (AvgIpc) is 2.47. The van der Waals surface area contributed by atoms with Gasteiger partial charge < -0.3 is 10.1 Å². The largest absolute Gasteiger partial charge is 0.494 e. The number of hydrogen-bond donors (Lipinski definition) is 1. The molecule has 22 heavy (non-hydrogen) atoms. The van der Waals surface area contributed by atoms with E-state index in [9.17, 15) is 4.79 Å². The summed E-state index contributed by atoms with van der Waals surface area (Å²) in [5, 5.41) is 3.13. The molecule has 2 aromatic carbocycles. The first kappa shape index (κ1) is 15.8. The molecule has 2 aromatic rings. The van der Waals surface area contributed by atoms with E-state index in [1.807, 2.05) is 45.0 Å². The SMILES string of the molecule is CCOc1ccc(C(=O)C=CNc2cc(C)cc(C)c2)cc1. The zero-order chi connectivity index (χ0) is 15.9. The molecule has 0 aliphatic carbocycles. The Morgan fingerprint density at radius 2 is 1.73 bits per heavy atom. The predicted octanol–water partition coefficient (Wildman–Crippen LogP) is 4.51. The van der Waals surface area contributed by atoms with Crippen molar-refractivity contribution in [3.05, 3.63) is 71.4 Å². The standard InChI is InChI=1S/C19H21NO2/c1-4-22-18-7-5-16(6-8-18)19(21)9-10-20-17-12-14(2)11-15(3)13-17/h5-13,20H,4H2,1-3H3. The highest BCUT2D eigenvalue weighted by Crippen LogP contribution is 2.15. The van der Waals surface area contributed by atoms with Crippen molar-refractivity contribution in [3.8, 4) is 5.75 Å². The Morgan fingerprint density at radius 3 is 2.32 bits per heavy atom. The second kappa shape index (κ2) is 7.46. The number of aryl methyl sites for hydroxylation is 2. The minimum atomic E-state index is -0.0417. The van der Waals surface area contributed by atoms with Crippen molar-refractivity contribution in [1.82, 2.24) is 0 Å². The lowest BCUT2D eigenvalue weighted by molar-refractivity contribution is 0.104. The molecule has 0 saturated heterocycles. The Morgan fingerprint density at radius 1 is 1.09 bits per heavy atom. The van der Waals surface area contributed by atoms with Crippen molar-refractivity contribution in [1.29, 1.82) is 0 Å². The minimum absolute atomic E-state index is 0.0417. The quantitative estimate of drug-likeness (QED) is 0.629. The van der Waals surface area contributed by atoms with Crippen LogP contribution in [0.5, 0.6) is 5.75 Å².